The summed E-state index contributed by atoms with van der Waals surface area (Å²) in [6, 6.07) is 16.6. The summed E-state index contributed by atoms with van der Waals surface area (Å²) in [5.74, 6) is -1.08. The van der Waals surface area contributed by atoms with Crippen molar-refractivity contribution in [3.05, 3.63) is 83.7 Å². The van der Waals surface area contributed by atoms with E-state index in [0.29, 0.717) is 33.5 Å². The number of hydrogen-bond acceptors (Lipinski definition) is 0. The van der Waals surface area contributed by atoms with Gasteiger partial charge in [-0.1, -0.05) is 62.6 Å². The summed E-state index contributed by atoms with van der Waals surface area (Å²) < 4.78 is 43.2. The topological polar surface area (TPSA) is 0 Å². The van der Waals surface area contributed by atoms with E-state index in [2.05, 4.69) is 6.92 Å². The molecule has 0 N–H and O–H groups in total. The molecule has 0 amide bonds. The lowest BCUT2D eigenvalue weighted by Crippen LogP contribution is -1.95. The van der Waals surface area contributed by atoms with Crippen molar-refractivity contribution in [3.8, 4) is 11.1 Å². The molecule has 0 nitrogen and oxygen atoms in total. The van der Waals surface area contributed by atoms with Crippen LogP contribution in [0, 0.1) is 17.5 Å². The maximum atomic E-state index is 15.1. The average Bonchev–Trinajstić information content (AvgIpc) is 2.73. The highest BCUT2D eigenvalue weighted by Gasteiger charge is 2.14. The van der Waals surface area contributed by atoms with E-state index >= 15 is 4.39 Å². The molecule has 0 saturated carbocycles. The minimum absolute atomic E-state index is 0.312. The Morgan fingerprint density at radius 2 is 1.31 bits per heavy atom. The molecule has 0 unspecified atom stereocenters. The van der Waals surface area contributed by atoms with E-state index in [1.165, 1.54) is 18.2 Å². The monoisotopic (exact) mass is 392 g/mol. The van der Waals surface area contributed by atoms with Crippen LogP contribution in [0.15, 0.2) is 60.7 Å². The summed E-state index contributed by atoms with van der Waals surface area (Å²) in [5, 5.41) is 2.16. The van der Waals surface area contributed by atoms with Gasteiger partial charge in [0.25, 0.3) is 0 Å². The number of fused-ring (bicyclic) bond motifs is 3. The van der Waals surface area contributed by atoms with Gasteiger partial charge in [-0.05, 0) is 64.6 Å². The van der Waals surface area contributed by atoms with Gasteiger partial charge in [0.15, 0.2) is 0 Å². The lowest BCUT2D eigenvalue weighted by Gasteiger charge is -2.11. The Morgan fingerprint density at radius 3 is 2.07 bits per heavy atom. The highest BCUT2D eigenvalue weighted by atomic mass is 19.1. The smallest absolute Gasteiger partial charge is 0.134 e. The van der Waals surface area contributed by atoms with Gasteiger partial charge < -0.3 is 0 Å². The van der Waals surface area contributed by atoms with E-state index in [-0.39, 0.29) is 11.6 Å². The lowest BCUT2D eigenvalue weighted by atomic mass is 9.94. The van der Waals surface area contributed by atoms with E-state index in [0.717, 1.165) is 36.8 Å². The number of benzene rings is 4. The zero-order chi connectivity index (χ0) is 20.4. The minimum atomic E-state index is -0.446. The van der Waals surface area contributed by atoms with Gasteiger partial charge in [-0.15, -0.1) is 0 Å². The van der Waals surface area contributed by atoms with Gasteiger partial charge in [0, 0.05) is 10.8 Å². The van der Waals surface area contributed by atoms with Crippen LogP contribution in [0.1, 0.15) is 38.2 Å². The molecule has 29 heavy (non-hydrogen) atoms. The molecule has 4 aromatic carbocycles. The maximum Gasteiger partial charge on any atom is 0.134 e. The Bertz CT molecular complexity index is 1160. The summed E-state index contributed by atoms with van der Waals surface area (Å²) in [4.78, 5) is 0. The first-order valence-electron chi connectivity index (χ1n) is 10.2. The molecule has 4 rings (SSSR count). The van der Waals surface area contributed by atoms with Gasteiger partial charge in [0.2, 0.25) is 0 Å². The summed E-state index contributed by atoms with van der Waals surface area (Å²) in [6.07, 6.45) is 4.96. The SMILES string of the molecule is CCCCCCc1ccc2c(cc(F)c3cc(-c4ccc(F)cc4)ccc32)c1F. The zero-order valence-corrected chi connectivity index (χ0v) is 16.4. The first-order chi connectivity index (χ1) is 14.1. The summed E-state index contributed by atoms with van der Waals surface area (Å²) >= 11 is 0. The van der Waals surface area contributed by atoms with Crippen LogP contribution in [0.3, 0.4) is 0 Å². The van der Waals surface area contributed by atoms with E-state index < -0.39 is 5.82 Å². The second-order valence-corrected chi connectivity index (χ2v) is 7.57. The van der Waals surface area contributed by atoms with Gasteiger partial charge in [-0.25, -0.2) is 13.2 Å². The molecular weight excluding hydrogens is 369 g/mol. The second-order valence-electron chi connectivity index (χ2n) is 7.57. The van der Waals surface area contributed by atoms with E-state index in [1.54, 1.807) is 18.2 Å². The quantitative estimate of drug-likeness (QED) is 0.229. The zero-order valence-electron chi connectivity index (χ0n) is 16.4. The molecule has 0 radical (unpaired) electrons. The van der Waals surface area contributed by atoms with E-state index in [4.69, 9.17) is 0 Å². The predicted molar refractivity (Wildman–Crippen MR) is 115 cm³/mol. The fourth-order valence-corrected chi connectivity index (χ4v) is 3.95. The van der Waals surface area contributed by atoms with Crippen LogP contribution < -0.4 is 0 Å². The van der Waals surface area contributed by atoms with Crippen LogP contribution in [-0.2, 0) is 6.42 Å². The minimum Gasteiger partial charge on any atom is -0.207 e. The predicted octanol–water partition coefficient (Wildman–Crippen LogP) is 8.20. The van der Waals surface area contributed by atoms with E-state index in [9.17, 15) is 8.78 Å². The largest absolute Gasteiger partial charge is 0.207 e. The van der Waals surface area contributed by atoms with E-state index in [1.807, 2.05) is 24.3 Å². The van der Waals surface area contributed by atoms with Crippen molar-refractivity contribution in [3.63, 3.8) is 0 Å². The van der Waals surface area contributed by atoms with Crippen molar-refractivity contribution in [1.82, 2.24) is 0 Å². The molecule has 0 bridgehead atoms. The standard InChI is InChI=1S/C26H23F3/c1-2-3-4-5-6-18-9-13-22-21-14-10-19(17-7-11-20(27)12-8-17)15-23(21)25(28)16-24(22)26(18)29/h7-16H,2-6H2,1H3. The molecule has 3 heteroatoms. The molecule has 0 aliphatic rings. The molecule has 0 aliphatic heterocycles. The number of rotatable bonds is 6. The Balaban J connectivity index is 1.77. The number of halogens is 3. The molecule has 0 aromatic heterocycles. The van der Waals surface area contributed by atoms with Crippen LogP contribution >= 0.6 is 0 Å². The van der Waals surface area contributed by atoms with Gasteiger partial charge in [-0.2, -0.15) is 0 Å². The fourth-order valence-electron chi connectivity index (χ4n) is 3.95. The number of hydrogen-bond donors (Lipinski definition) is 0. The normalized spacial score (nSPS) is 11.4. The molecule has 0 atom stereocenters. The molecule has 0 heterocycles. The molecule has 0 spiro atoms. The molecular formula is C26H23F3. The van der Waals surface area contributed by atoms with Crippen molar-refractivity contribution in [2.24, 2.45) is 0 Å². The van der Waals surface area contributed by atoms with Crippen LogP contribution in [0.25, 0.3) is 32.7 Å². The summed E-state index contributed by atoms with van der Waals surface area (Å²) in [7, 11) is 0. The maximum absolute atomic E-state index is 15.1. The van der Waals surface area contributed by atoms with Crippen LogP contribution in [-0.4, -0.2) is 0 Å². The number of aryl methyl sites for hydroxylation is 1. The summed E-state index contributed by atoms with van der Waals surface area (Å²) in [5.41, 5.74) is 2.25. The highest BCUT2D eigenvalue weighted by molar-refractivity contribution is 6.09. The van der Waals surface area contributed by atoms with Crippen molar-refractivity contribution in [1.29, 1.82) is 0 Å². The molecule has 0 fully saturated rings. The molecule has 0 saturated heterocycles. The van der Waals surface area contributed by atoms with Crippen molar-refractivity contribution < 1.29 is 13.2 Å². The molecule has 4 aromatic rings. The first-order valence-corrected chi connectivity index (χ1v) is 10.2. The van der Waals surface area contributed by atoms with Crippen LogP contribution in [0.4, 0.5) is 13.2 Å². The Morgan fingerprint density at radius 1 is 0.621 bits per heavy atom. The third-order valence-corrected chi connectivity index (χ3v) is 5.58. The van der Waals surface area contributed by atoms with Gasteiger partial charge in [0.05, 0.1) is 0 Å². The van der Waals surface area contributed by atoms with Crippen LogP contribution in [0.5, 0.6) is 0 Å². The van der Waals surface area contributed by atoms with Gasteiger partial charge in [0.1, 0.15) is 17.5 Å². The third kappa shape index (κ3) is 3.87. The van der Waals surface area contributed by atoms with Gasteiger partial charge >= 0.3 is 0 Å². The summed E-state index contributed by atoms with van der Waals surface area (Å²) in [6.45, 7) is 2.14. The van der Waals surface area contributed by atoms with Crippen molar-refractivity contribution in [2.75, 3.05) is 0 Å². The Kier molecular flexibility index (Phi) is 5.57. The molecule has 148 valence electrons. The Labute approximate surface area is 169 Å². The second kappa shape index (κ2) is 8.28. The van der Waals surface area contributed by atoms with Gasteiger partial charge in [-0.3, -0.25) is 0 Å². The van der Waals surface area contributed by atoms with Crippen molar-refractivity contribution in [2.45, 2.75) is 39.0 Å². The molecule has 0 aliphatic carbocycles. The van der Waals surface area contributed by atoms with Crippen molar-refractivity contribution >= 4 is 21.5 Å². The third-order valence-electron chi connectivity index (χ3n) is 5.58. The highest BCUT2D eigenvalue weighted by Crippen LogP contribution is 2.34. The fraction of sp³-hybridized carbons (Fsp3) is 0.231. The van der Waals surface area contributed by atoms with Crippen LogP contribution in [0.2, 0.25) is 0 Å². The lowest BCUT2D eigenvalue weighted by molar-refractivity contribution is 0.601. The first kappa shape index (κ1) is 19.5. The Hall–Kier alpha value is -2.81. The average molecular weight is 392 g/mol. The number of unbranched alkanes of at least 4 members (excludes halogenated alkanes) is 3.